The van der Waals surface area contributed by atoms with Crippen LogP contribution in [0.15, 0.2) is 0 Å². The Morgan fingerprint density at radius 3 is 2.22 bits per heavy atom. The molecule has 2 heteroatoms. The van der Waals surface area contributed by atoms with Gasteiger partial charge in [-0.15, -0.1) is 23.2 Å². The molecule has 2 fully saturated rings. The Labute approximate surface area is 65.5 Å². The highest BCUT2D eigenvalue weighted by atomic mass is 35.5. The minimum Gasteiger partial charge on any atom is -0.105 e. The number of fused-ring (bicyclic) bond motifs is 1. The second-order valence-electron chi connectivity index (χ2n) is 3.24. The topological polar surface area (TPSA) is 0 Å². The summed E-state index contributed by atoms with van der Waals surface area (Å²) in [6.07, 6.45) is 4.05. The lowest BCUT2D eigenvalue weighted by molar-refractivity contribution is 0.514. The molecule has 0 nitrogen and oxygen atoms in total. The first-order chi connectivity index (χ1) is 4.29. The summed E-state index contributed by atoms with van der Waals surface area (Å²) in [7, 11) is 0. The van der Waals surface area contributed by atoms with Crippen molar-refractivity contribution in [2.75, 3.05) is 0 Å². The third-order valence-corrected chi connectivity index (χ3v) is 3.37. The Hall–Kier alpha value is 0.580. The fourth-order valence-electron chi connectivity index (χ4n) is 2.06. The second kappa shape index (κ2) is 2.03. The Morgan fingerprint density at radius 1 is 1.22 bits per heavy atom. The molecule has 0 aromatic carbocycles. The summed E-state index contributed by atoms with van der Waals surface area (Å²) in [5.74, 6) is 2.55. The van der Waals surface area contributed by atoms with Crippen molar-refractivity contribution >= 4 is 23.2 Å². The fourth-order valence-corrected chi connectivity index (χ4v) is 2.69. The number of alkyl halides is 2. The largest absolute Gasteiger partial charge is 0.110 e. The van der Waals surface area contributed by atoms with E-state index in [0.717, 1.165) is 11.8 Å². The number of hydrogen-bond acceptors (Lipinski definition) is 0. The average molecular weight is 165 g/mol. The SMILES string of the molecule is ClC(Cl)[C@@H]1CC[C@H]2C[C@H]21. The smallest absolute Gasteiger partial charge is 0.105 e. The van der Waals surface area contributed by atoms with Crippen molar-refractivity contribution in [3.8, 4) is 0 Å². The summed E-state index contributed by atoms with van der Waals surface area (Å²) in [6, 6.07) is 0. The maximum atomic E-state index is 5.77. The van der Waals surface area contributed by atoms with Crippen LogP contribution < -0.4 is 0 Å². The molecule has 9 heavy (non-hydrogen) atoms. The zero-order valence-corrected chi connectivity index (χ0v) is 6.70. The lowest BCUT2D eigenvalue weighted by Crippen LogP contribution is -2.07. The van der Waals surface area contributed by atoms with Crippen molar-refractivity contribution in [2.24, 2.45) is 17.8 Å². The van der Waals surface area contributed by atoms with Crippen molar-refractivity contribution in [2.45, 2.75) is 24.1 Å². The van der Waals surface area contributed by atoms with Gasteiger partial charge in [0.1, 0.15) is 4.84 Å². The van der Waals surface area contributed by atoms with E-state index in [4.69, 9.17) is 23.2 Å². The molecule has 52 valence electrons. The van der Waals surface area contributed by atoms with Gasteiger partial charge in [0.25, 0.3) is 0 Å². The summed E-state index contributed by atoms with van der Waals surface area (Å²) >= 11 is 11.5. The van der Waals surface area contributed by atoms with Gasteiger partial charge in [-0.2, -0.15) is 0 Å². The number of halogens is 2. The average Bonchev–Trinajstić information content (AvgIpc) is 2.43. The predicted molar refractivity (Wildman–Crippen MR) is 39.8 cm³/mol. The van der Waals surface area contributed by atoms with Crippen LogP contribution in [-0.2, 0) is 0 Å². The molecular weight excluding hydrogens is 155 g/mol. The van der Waals surface area contributed by atoms with E-state index in [1.165, 1.54) is 19.3 Å². The van der Waals surface area contributed by atoms with Gasteiger partial charge in [-0.3, -0.25) is 0 Å². The van der Waals surface area contributed by atoms with Crippen molar-refractivity contribution in [1.82, 2.24) is 0 Å². The van der Waals surface area contributed by atoms with Crippen LogP contribution in [-0.4, -0.2) is 4.84 Å². The van der Waals surface area contributed by atoms with Crippen LogP contribution in [0.2, 0.25) is 0 Å². The van der Waals surface area contributed by atoms with Gasteiger partial charge in [-0.25, -0.2) is 0 Å². The van der Waals surface area contributed by atoms with E-state index in [-0.39, 0.29) is 4.84 Å². The van der Waals surface area contributed by atoms with E-state index in [0.29, 0.717) is 5.92 Å². The lowest BCUT2D eigenvalue weighted by Gasteiger charge is -2.10. The van der Waals surface area contributed by atoms with E-state index in [1.54, 1.807) is 0 Å². The first-order valence-electron chi connectivity index (χ1n) is 3.57. The lowest BCUT2D eigenvalue weighted by atomic mass is 10.1. The van der Waals surface area contributed by atoms with Gasteiger partial charge in [0.05, 0.1) is 0 Å². The van der Waals surface area contributed by atoms with Gasteiger partial charge >= 0.3 is 0 Å². The molecule has 0 bridgehead atoms. The summed E-state index contributed by atoms with van der Waals surface area (Å²) in [5.41, 5.74) is 0. The van der Waals surface area contributed by atoms with Crippen LogP contribution in [0.3, 0.4) is 0 Å². The van der Waals surface area contributed by atoms with Crippen LogP contribution >= 0.6 is 23.2 Å². The first-order valence-corrected chi connectivity index (χ1v) is 4.44. The molecular formula is C7H10Cl2. The molecule has 0 aromatic heterocycles. The zero-order chi connectivity index (χ0) is 6.43. The Bertz CT molecular complexity index is 122. The molecule has 0 spiro atoms. The van der Waals surface area contributed by atoms with E-state index in [2.05, 4.69) is 0 Å². The van der Waals surface area contributed by atoms with Gasteiger partial charge < -0.3 is 0 Å². The van der Waals surface area contributed by atoms with Gasteiger partial charge in [-0.05, 0) is 37.0 Å². The molecule has 0 amide bonds. The number of hydrogen-bond donors (Lipinski definition) is 0. The summed E-state index contributed by atoms with van der Waals surface area (Å²) in [5, 5.41) is 0. The Balaban J connectivity index is 1.98. The van der Waals surface area contributed by atoms with Crippen LogP contribution in [0.25, 0.3) is 0 Å². The van der Waals surface area contributed by atoms with Crippen LogP contribution in [0.4, 0.5) is 0 Å². The first kappa shape index (κ1) is 6.30. The minimum absolute atomic E-state index is 0.0949. The maximum Gasteiger partial charge on any atom is 0.110 e. The Kier molecular flexibility index (Phi) is 1.42. The Morgan fingerprint density at radius 2 is 2.00 bits per heavy atom. The quantitative estimate of drug-likeness (QED) is 0.524. The predicted octanol–water partition coefficient (Wildman–Crippen LogP) is 2.84. The third-order valence-electron chi connectivity index (χ3n) is 2.72. The molecule has 0 saturated heterocycles. The van der Waals surface area contributed by atoms with Crippen molar-refractivity contribution in [3.05, 3.63) is 0 Å². The maximum absolute atomic E-state index is 5.77. The van der Waals surface area contributed by atoms with Crippen LogP contribution in [0.5, 0.6) is 0 Å². The summed E-state index contributed by atoms with van der Waals surface area (Å²) in [6.45, 7) is 0. The molecule has 2 aliphatic carbocycles. The summed E-state index contributed by atoms with van der Waals surface area (Å²) in [4.78, 5) is -0.0949. The van der Waals surface area contributed by atoms with E-state index >= 15 is 0 Å². The van der Waals surface area contributed by atoms with Gasteiger partial charge in [0.2, 0.25) is 0 Å². The molecule has 0 unspecified atom stereocenters. The molecule has 2 saturated carbocycles. The van der Waals surface area contributed by atoms with E-state index < -0.39 is 0 Å². The number of rotatable bonds is 1. The monoisotopic (exact) mass is 164 g/mol. The third kappa shape index (κ3) is 0.969. The minimum atomic E-state index is -0.0949. The van der Waals surface area contributed by atoms with E-state index in [1.807, 2.05) is 0 Å². The van der Waals surface area contributed by atoms with Crippen molar-refractivity contribution < 1.29 is 0 Å². The highest BCUT2D eigenvalue weighted by molar-refractivity contribution is 6.44. The molecule has 0 aliphatic heterocycles. The van der Waals surface area contributed by atoms with Gasteiger partial charge in [-0.1, -0.05) is 0 Å². The van der Waals surface area contributed by atoms with Crippen molar-refractivity contribution in [3.63, 3.8) is 0 Å². The van der Waals surface area contributed by atoms with Crippen LogP contribution in [0, 0.1) is 17.8 Å². The molecule has 3 atom stereocenters. The van der Waals surface area contributed by atoms with Gasteiger partial charge in [0.15, 0.2) is 0 Å². The molecule has 0 radical (unpaired) electrons. The highest BCUT2D eigenvalue weighted by Crippen LogP contribution is 2.57. The molecule has 0 N–H and O–H groups in total. The standard InChI is InChI=1S/C7H10Cl2/c8-7(9)5-2-1-4-3-6(4)5/h4-7H,1-3H2/t4-,5+,6+/m0/s1. The second-order valence-corrected chi connectivity index (χ2v) is 4.40. The highest BCUT2D eigenvalue weighted by Gasteiger charge is 2.49. The normalized spacial score (nSPS) is 47.7. The molecule has 0 heterocycles. The van der Waals surface area contributed by atoms with Crippen LogP contribution in [0.1, 0.15) is 19.3 Å². The van der Waals surface area contributed by atoms with Crippen molar-refractivity contribution in [1.29, 1.82) is 0 Å². The summed E-state index contributed by atoms with van der Waals surface area (Å²) < 4.78 is 0. The fraction of sp³-hybridized carbons (Fsp3) is 1.00. The van der Waals surface area contributed by atoms with E-state index in [9.17, 15) is 0 Å². The molecule has 2 aliphatic rings. The zero-order valence-electron chi connectivity index (χ0n) is 5.19. The van der Waals surface area contributed by atoms with Gasteiger partial charge in [0, 0.05) is 0 Å². The molecule has 0 aromatic rings. The molecule has 2 rings (SSSR count).